The zero-order chi connectivity index (χ0) is 13.1. The van der Waals surface area contributed by atoms with Gasteiger partial charge in [0.05, 0.1) is 11.2 Å². The number of carbonyl (C=O) groups excluding carboxylic acids is 2. The molecule has 1 aliphatic rings. The molecule has 0 bridgehead atoms. The van der Waals surface area contributed by atoms with E-state index in [1.54, 1.807) is 6.92 Å². The Morgan fingerprint density at radius 1 is 1.53 bits per heavy atom. The molecule has 0 saturated carbocycles. The van der Waals surface area contributed by atoms with Crippen molar-refractivity contribution in [3.8, 4) is 0 Å². The van der Waals surface area contributed by atoms with E-state index in [2.05, 4.69) is 5.32 Å². The van der Waals surface area contributed by atoms with Gasteiger partial charge in [0, 0.05) is 0 Å². The largest absolute Gasteiger partial charge is 0.480 e. The Kier molecular flexibility index (Phi) is 4.39. The number of thioether (sulfide) groups is 1. The van der Waals surface area contributed by atoms with Crippen LogP contribution in [0.4, 0.5) is 0 Å². The van der Waals surface area contributed by atoms with E-state index in [0.717, 1.165) is 12.2 Å². The number of aliphatic carboxylic acids is 1. The number of rotatable bonds is 5. The van der Waals surface area contributed by atoms with Gasteiger partial charge in [-0.05, 0) is 25.5 Å². The van der Waals surface area contributed by atoms with Crippen molar-refractivity contribution in [2.75, 3.05) is 5.75 Å². The number of hydrogen-bond acceptors (Lipinski definition) is 4. The van der Waals surface area contributed by atoms with Gasteiger partial charge in [-0.15, -0.1) is 11.8 Å². The van der Waals surface area contributed by atoms with Crippen LogP contribution in [0.5, 0.6) is 0 Å². The van der Waals surface area contributed by atoms with Crippen LogP contribution < -0.4 is 11.1 Å². The molecule has 0 aromatic carbocycles. The van der Waals surface area contributed by atoms with Crippen LogP contribution in [0.2, 0.25) is 0 Å². The molecule has 0 radical (unpaired) electrons. The second kappa shape index (κ2) is 5.39. The Balaban J connectivity index is 2.63. The first kappa shape index (κ1) is 13.8. The first-order chi connectivity index (χ1) is 7.85. The van der Waals surface area contributed by atoms with E-state index in [1.807, 2.05) is 0 Å². The van der Waals surface area contributed by atoms with E-state index in [9.17, 15) is 14.4 Å². The lowest BCUT2D eigenvalue weighted by atomic mass is 10.0. The fourth-order valence-electron chi connectivity index (χ4n) is 1.67. The molecule has 1 unspecified atom stereocenters. The van der Waals surface area contributed by atoms with Gasteiger partial charge in [-0.1, -0.05) is 0 Å². The molecule has 1 fully saturated rings. The maximum Gasteiger partial charge on any atom is 0.326 e. The zero-order valence-corrected chi connectivity index (χ0v) is 10.4. The fraction of sp³-hybridized carbons (Fsp3) is 0.700. The van der Waals surface area contributed by atoms with Gasteiger partial charge in [0.15, 0.2) is 0 Å². The average Bonchev–Trinajstić information content (AvgIpc) is 2.64. The number of nitrogens with one attached hydrogen (secondary N) is 1. The predicted octanol–water partition coefficient (Wildman–Crippen LogP) is -0.283. The second-order valence-corrected chi connectivity index (χ2v) is 5.82. The highest BCUT2D eigenvalue weighted by Crippen LogP contribution is 2.37. The summed E-state index contributed by atoms with van der Waals surface area (Å²) in [5.41, 5.74) is 4.93. The maximum absolute atomic E-state index is 11.9. The zero-order valence-electron chi connectivity index (χ0n) is 9.56. The quantitative estimate of drug-likeness (QED) is 0.629. The summed E-state index contributed by atoms with van der Waals surface area (Å²) in [7, 11) is 0. The molecule has 0 spiro atoms. The van der Waals surface area contributed by atoms with E-state index in [0.29, 0.717) is 6.42 Å². The molecule has 96 valence electrons. The molecule has 0 aromatic rings. The molecule has 17 heavy (non-hydrogen) atoms. The van der Waals surface area contributed by atoms with Crippen LogP contribution in [0.3, 0.4) is 0 Å². The van der Waals surface area contributed by atoms with Crippen LogP contribution in [0.15, 0.2) is 0 Å². The third kappa shape index (κ3) is 3.62. The van der Waals surface area contributed by atoms with Gasteiger partial charge in [-0.3, -0.25) is 9.59 Å². The molecular formula is C10H16N2O4S. The van der Waals surface area contributed by atoms with Gasteiger partial charge in [0.1, 0.15) is 6.04 Å². The lowest BCUT2D eigenvalue weighted by Crippen LogP contribution is -2.49. The Morgan fingerprint density at radius 2 is 2.18 bits per heavy atom. The minimum Gasteiger partial charge on any atom is -0.480 e. The second-order valence-electron chi connectivity index (χ2n) is 4.22. The summed E-state index contributed by atoms with van der Waals surface area (Å²) in [6, 6.07) is -1.24. The van der Waals surface area contributed by atoms with E-state index in [1.165, 1.54) is 11.8 Å². The Labute approximate surface area is 103 Å². The van der Waals surface area contributed by atoms with Crippen molar-refractivity contribution in [1.82, 2.24) is 5.32 Å². The third-order valence-corrected chi connectivity index (χ3v) is 4.23. The van der Waals surface area contributed by atoms with Crippen LogP contribution in [-0.2, 0) is 14.4 Å². The van der Waals surface area contributed by atoms with Crippen LogP contribution >= 0.6 is 11.8 Å². The van der Waals surface area contributed by atoms with Crippen LogP contribution in [0.25, 0.3) is 0 Å². The SMILES string of the molecule is CC1(C(=O)N[C@H](CC(N)=O)C(=O)O)CCCS1. The van der Waals surface area contributed by atoms with Crippen molar-refractivity contribution in [1.29, 1.82) is 0 Å². The number of carboxylic acid groups (broad SMARTS) is 1. The van der Waals surface area contributed by atoms with Crippen molar-refractivity contribution in [2.24, 2.45) is 5.73 Å². The summed E-state index contributed by atoms with van der Waals surface area (Å²) in [4.78, 5) is 33.5. The standard InChI is InChI=1S/C10H16N2O4S/c1-10(3-2-4-17-10)9(16)12-6(8(14)15)5-7(11)13/h6H,2-5H2,1H3,(H2,11,13)(H,12,16)(H,14,15)/t6-,10?/m1/s1. The van der Waals surface area contributed by atoms with E-state index in [-0.39, 0.29) is 12.3 Å². The topological polar surface area (TPSA) is 109 Å². The van der Waals surface area contributed by atoms with Crippen molar-refractivity contribution in [2.45, 2.75) is 37.0 Å². The van der Waals surface area contributed by atoms with Crippen molar-refractivity contribution >= 4 is 29.5 Å². The highest BCUT2D eigenvalue weighted by molar-refractivity contribution is 8.01. The molecule has 1 rings (SSSR count). The Hall–Kier alpha value is -1.24. The van der Waals surface area contributed by atoms with E-state index < -0.39 is 22.7 Å². The van der Waals surface area contributed by atoms with Gasteiger partial charge in [-0.2, -0.15) is 0 Å². The summed E-state index contributed by atoms with van der Waals surface area (Å²) in [6.07, 6.45) is 1.26. The molecule has 7 heteroatoms. The Bertz CT molecular complexity index is 339. The van der Waals surface area contributed by atoms with Crippen LogP contribution in [-0.4, -0.2) is 39.4 Å². The van der Waals surface area contributed by atoms with Gasteiger partial charge in [0.25, 0.3) is 0 Å². The average molecular weight is 260 g/mol. The summed E-state index contributed by atoms with van der Waals surface area (Å²) in [5.74, 6) is -1.45. The Morgan fingerprint density at radius 3 is 2.59 bits per heavy atom. The van der Waals surface area contributed by atoms with Gasteiger partial charge < -0.3 is 16.2 Å². The monoisotopic (exact) mass is 260 g/mol. The minimum atomic E-state index is -1.25. The van der Waals surface area contributed by atoms with Crippen molar-refractivity contribution in [3.05, 3.63) is 0 Å². The minimum absolute atomic E-state index is 0.339. The molecule has 1 saturated heterocycles. The first-order valence-electron chi connectivity index (χ1n) is 5.31. The molecular weight excluding hydrogens is 244 g/mol. The normalized spacial score (nSPS) is 25.2. The fourth-order valence-corrected chi connectivity index (χ4v) is 2.89. The summed E-state index contributed by atoms with van der Waals surface area (Å²) in [6.45, 7) is 1.78. The summed E-state index contributed by atoms with van der Waals surface area (Å²) in [5, 5.41) is 11.2. The number of nitrogens with two attached hydrogens (primary N) is 1. The van der Waals surface area contributed by atoms with Gasteiger partial charge >= 0.3 is 5.97 Å². The van der Waals surface area contributed by atoms with E-state index >= 15 is 0 Å². The number of primary amides is 1. The molecule has 1 aliphatic heterocycles. The number of carbonyl (C=O) groups is 3. The molecule has 6 nitrogen and oxygen atoms in total. The smallest absolute Gasteiger partial charge is 0.326 e. The van der Waals surface area contributed by atoms with Crippen molar-refractivity contribution in [3.63, 3.8) is 0 Å². The molecule has 2 atom stereocenters. The number of carboxylic acids is 1. The first-order valence-corrected chi connectivity index (χ1v) is 6.30. The summed E-state index contributed by atoms with van der Waals surface area (Å²) >= 11 is 1.50. The van der Waals surface area contributed by atoms with Gasteiger partial charge in [-0.25, -0.2) is 4.79 Å². The molecule has 0 aromatic heterocycles. The molecule has 1 heterocycles. The maximum atomic E-state index is 11.9. The molecule has 0 aliphatic carbocycles. The third-order valence-electron chi connectivity index (χ3n) is 2.71. The molecule has 4 N–H and O–H groups in total. The lowest BCUT2D eigenvalue weighted by Gasteiger charge is -2.23. The lowest BCUT2D eigenvalue weighted by molar-refractivity contribution is -0.143. The highest BCUT2D eigenvalue weighted by Gasteiger charge is 2.39. The highest BCUT2D eigenvalue weighted by atomic mass is 32.2. The van der Waals surface area contributed by atoms with E-state index in [4.69, 9.17) is 10.8 Å². The number of hydrogen-bond donors (Lipinski definition) is 3. The van der Waals surface area contributed by atoms with Crippen LogP contribution in [0, 0.1) is 0 Å². The van der Waals surface area contributed by atoms with Crippen LogP contribution in [0.1, 0.15) is 26.2 Å². The number of amides is 2. The predicted molar refractivity (Wildman–Crippen MR) is 63.5 cm³/mol. The van der Waals surface area contributed by atoms with Crippen molar-refractivity contribution < 1.29 is 19.5 Å². The summed E-state index contributed by atoms with van der Waals surface area (Å²) < 4.78 is -0.592. The van der Waals surface area contributed by atoms with Gasteiger partial charge in [0.2, 0.25) is 11.8 Å². The molecule has 2 amide bonds.